The Morgan fingerprint density at radius 1 is 1.13 bits per heavy atom. The van der Waals surface area contributed by atoms with Gasteiger partial charge in [-0.25, -0.2) is 0 Å². The molecule has 9 heteroatoms. The van der Waals surface area contributed by atoms with Crippen LogP contribution in [0.3, 0.4) is 0 Å². The van der Waals surface area contributed by atoms with Crippen LogP contribution in [0.1, 0.15) is 32.7 Å². The van der Waals surface area contributed by atoms with E-state index >= 15 is 0 Å². The van der Waals surface area contributed by atoms with Crippen molar-refractivity contribution >= 4 is 41.1 Å². The standard InChI is InChI=1S/C22H19N3O5S/c1-14-6-7-15-16(12-14)22(29)25(21(15)28)10-8-20(27)30-13-19(26)24-17-4-2-3-5-18(17)31-11-9-23/h2-7,12H,8,10-11,13H2,1H3,(H,24,26). The molecular formula is C22H19N3O5S. The third-order valence-electron chi connectivity index (χ3n) is 4.48. The Hall–Kier alpha value is -3.64. The highest BCUT2D eigenvalue weighted by atomic mass is 32.2. The van der Waals surface area contributed by atoms with Gasteiger partial charge in [0, 0.05) is 11.4 Å². The lowest BCUT2D eigenvalue weighted by atomic mass is 10.1. The molecule has 0 aliphatic carbocycles. The van der Waals surface area contributed by atoms with Gasteiger partial charge in [0.2, 0.25) is 0 Å². The normalized spacial score (nSPS) is 12.3. The zero-order valence-corrected chi connectivity index (χ0v) is 17.5. The van der Waals surface area contributed by atoms with Gasteiger partial charge in [0.1, 0.15) is 0 Å². The number of nitriles is 1. The second-order valence-electron chi connectivity index (χ2n) is 6.71. The number of imide groups is 1. The SMILES string of the molecule is Cc1ccc2c(c1)C(=O)N(CCC(=O)OCC(=O)Nc1ccccc1SCC#N)C2=O. The molecule has 1 aliphatic heterocycles. The van der Waals surface area contributed by atoms with Gasteiger partial charge >= 0.3 is 5.97 Å². The highest BCUT2D eigenvalue weighted by Crippen LogP contribution is 2.26. The highest BCUT2D eigenvalue weighted by molar-refractivity contribution is 7.99. The number of esters is 1. The van der Waals surface area contributed by atoms with E-state index in [1.807, 2.05) is 13.0 Å². The number of rotatable bonds is 8. The monoisotopic (exact) mass is 437 g/mol. The number of hydrogen-bond donors (Lipinski definition) is 1. The molecule has 8 nitrogen and oxygen atoms in total. The quantitative estimate of drug-likeness (QED) is 0.383. The minimum Gasteiger partial charge on any atom is -0.456 e. The summed E-state index contributed by atoms with van der Waals surface area (Å²) < 4.78 is 4.96. The number of amides is 3. The fourth-order valence-electron chi connectivity index (χ4n) is 3.02. The molecule has 0 saturated heterocycles. The number of hydrogen-bond acceptors (Lipinski definition) is 7. The van der Waals surface area contributed by atoms with Gasteiger partial charge in [0.15, 0.2) is 6.61 Å². The fraction of sp³-hybridized carbons (Fsp3) is 0.227. The van der Waals surface area contributed by atoms with Crippen molar-refractivity contribution < 1.29 is 23.9 Å². The van der Waals surface area contributed by atoms with Crippen LogP contribution in [0.15, 0.2) is 47.4 Å². The largest absolute Gasteiger partial charge is 0.456 e. The zero-order valence-electron chi connectivity index (χ0n) is 16.7. The second-order valence-corrected chi connectivity index (χ2v) is 7.73. The van der Waals surface area contributed by atoms with Gasteiger partial charge in [-0.15, -0.1) is 11.8 Å². The van der Waals surface area contributed by atoms with Crippen LogP contribution < -0.4 is 5.32 Å². The summed E-state index contributed by atoms with van der Waals surface area (Å²) in [7, 11) is 0. The van der Waals surface area contributed by atoms with E-state index in [9.17, 15) is 19.2 Å². The summed E-state index contributed by atoms with van der Waals surface area (Å²) in [6.07, 6.45) is -0.216. The summed E-state index contributed by atoms with van der Waals surface area (Å²) >= 11 is 1.28. The van der Waals surface area contributed by atoms with Crippen molar-refractivity contribution in [2.24, 2.45) is 0 Å². The summed E-state index contributed by atoms with van der Waals surface area (Å²) in [6, 6.07) is 14.0. The molecule has 0 saturated carbocycles. The van der Waals surface area contributed by atoms with Gasteiger partial charge in [-0.3, -0.25) is 24.1 Å². The van der Waals surface area contributed by atoms with Crippen molar-refractivity contribution in [1.29, 1.82) is 5.26 Å². The van der Waals surface area contributed by atoms with Crippen LogP contribution in [-0.2, 0) is 14.3 Å². The Kier molecular flexibility index (Phi) is 7.05. The Balaban J connectivity index is 1.48. The molecule has 3 amide bonds. The fourth-order valence-corrected chi connectivity index (χ4v) is 3.69. The molecule has 1 heterocycles. The molecule has 0 aromatic heterocycles. The summed E-state index contributed by atoms with van der Waals surface area (Å²) in [6.45, 7) is 1.20. The number of carbonyl (C=O) groups is 4. The van der Waals surface area contributed by atoms with E-state index in [4.69, 9.17) is 10.00 Å². The summed E-state index contributed by atoms with van der Waals surface area (Å²) in [5.74, 6) is -1.89. The topological polar surface area (TPSA) is 117 Å². The average Bonchev–Trinajstić information content (AvgIpc) is 2.99. The van der Waals surface area contributed by atoms with Crippen molar-refractivity contribution in [2.45, 2.75) is 18.2 Å². The Morgan fingerprint density at radius 2 is 1.87 bits per heavy atom. The zero-order chi connectivity index (χ0) is 22.4. The number of benzene rings is 2. The molecule has 2 aromatic rings. The van der Waals surface area contributed by atoms with E-state index < -0.39 is 30.3 Å². The van der Waals surface area contributed by atoms with Crippen LogP contribution in [0.25, 0.3) is 0 Å². The molecule has 1 N–H and O–H groups in total. The molecule has 2 aromatic carbocycles. The smallest absolute Gasteiger partial charge is 0.308 e. The van der Waals surface area contributed by atoms with Crippen LogP contribution in [0.4, 0.5) is 5.69 Å². The minimum absolute atomic E-state index is 0.126. The van der Waals surface area contributed by atoms with Crippen LogP contribution in [0.5, 0.6) is 0 Å². The Bertz CT molecular complexity index is 1090. The van der Waals surface area contributed by atoms with Crippen LogP contribution in [0, 0.1) is 18.3 Å². The number of fused-ring (bicyclic) bond motifs is 1. The lowest BCUT2D eigenvalue weighted by Crippen LogP contribution is -2.32. The van der Waals surface area contributed by atoms with Crippen LogP contribution >= 0.6 is 11.8 Å². The molecule has 0 fully saturated rings. The number of carbonyl (C=O) groups excluding carboxylic acids is 4. The van der Waals surface area contributed by atoms with E-state index in [2.05, 4.69) is 5.32 Å². The van der Waals surface area contributed by atoms with Crippen molar-refractivity contribution in [1.82, 2.24) is 4.90 Å². The molecule has 0 unspecified atom stereocenters. The average molecular weight is 437 g/mol. The maximum Gasteiger partial charge on any atom is 0.308 e. The molecule has 1 aliphatic rings. The lowest BCUT2D eigenvalue weighted by Gasteiger charge is -2.13. The van der Waals surface area contributed by atoms with Gasteiger partial charge in [-0.05, 0) is 31.2 Å². The van der Waals surface area contributed by atoms with Gasteiger partial charge < -0.3 is 10.1 Å². The van der Waals surface area contributed by atoms with Crippen molar-refractivity contribution in [2.75, 3.05) is 24.2 Å². The maximum absolute atomic E-state index is 12.4. The van der Waals surface area contributed by atoms with E-state index in [0.29, 0.717) is 16.8 Å². The predicted octanol–water partition coefficient (Wildman–Crippen LogP) is 2.78. The molecular weight excluding hydrogens is 418 g/mol. The summed E-state index contributed by atoms with van der Waals surface area (Å²) in [4.78, 5) is 50.6. The van der Waals surface area contributed by atoms with E-state index in [1.54, 1.807) is 42.5 Å². The third-order valence-corrected chi connectivity index (χ3v) is 5.42. The highest BCUT2D eigenvalue weighted by Gasteiger charge is 2.35. The molecule has 158 valence electrons. The van der Waals surface area contributed by atoms with Gasteiger partial charge in [0.25, 0.3) is 17.7 Å². The Morgan fingerprint density at radius 3 is 2.65 bits per heavy atom. The van der Waals surface area contributed by atoms with Crippen LogP contribution in [-0.4, -0.2) is 47.5 Å². The molecule has 3 rings (SSSR count). The maximum atomic E-state index is 12.4. The lowest BCUT2D eigenvalue weighted by molar-refractivity contribution is -0.147. The third kappa shape index (κ3) is 5.29. The molecule has 0 bridgehead atoms. The first-order valence-corrected chi connectivity index (χ1v) is 10.4. The van der Waals surface area contributed by atoms with Crippen LogP contribution in [0.2, 0.25) is 0 Å². The number of ether oxygens (including phenoxy) is 1. The number of aryl methyl sites for hydroxylation is 1. The second kappa shape index (κ2) is 9.91. The van der Waals surface area contributed by atoms with E-state index in [0.717, 1.165) is 15.4 Å². The van der Waals surface area contributed by atoms with Gasteiger partial charge in [-0.1, -0.05) is 23.8 Å². The van der Waals surface area contributed by atoms with Gasteiger partial charge in [-0.2, -0.15) is 5.26 Å². The number of para-hydroxylation sites is 1. The molecule has 31 heavy (non-hydrogen) atoms. The number of nitrogens with one attached hydrogen (secondary N) is 1. The van der Waals surface area contributed by atoms with E-state index in [-0.39, 0.29) is 18.7 Å². The molecule has 0 atom stereocenters. The first-order valence-electron chi connectivity index (χ1n) is 9.42. The predicted molar refractivity (Wildman–Crippen MR) is 114 cm³/mol. The van der Waals surface area contributed by atoms with Gasteiger partial charge in [0.05, 0.1) is 35.1 Å². The van der Waals surface area contributed by atoms with Crippen molar-refractivity contribution in [3.8, 4) is 6.07 Å². The Labute approximate surface area is 183 Å². The number of nitrogens with zero attached hydrogens (tertiary/aromatic N) is 2. The first kappa shape index (κ1) is 22.1. The minimum atomic E-state index is -0.699. The summed E-state index contributed by atoms with van der Waals surface area (Å²) in [5, 5.41) is 11.3. The number of anilines is 1. The molecule has 0 radical (unpaired) electrons. The van der Waals surface area contributed by atoms with E-state index in [1.165, 1.54) is 11.8 Å². The first-order chi connectivity index (χ1) is 14.9. The summed E-state index contributed by atoms with van der Waals surface area (Å²) in [5.41, 5.74) is 2.02. The van der Waals surface area contributed by atoms with Crippen molar-refractivity contribution in [3.63, 3.8) is 0 Å². The number of thioether (sulfide) groups is 1. The molecule has 0 spiro atoms. The van der Waals surface area contributed by atoms with Crippen molar-refractivity contribution in [3.05, 3.63) is 59.2 Å².